The van der Waals surface area contributed by atoms with Gasteiger partial charge < -0.3 is 30.7 Å². The molecule has 10 nitrogen and oxygen atoms in total. The van der Waals surface area contributed by atoms with Crippen LogP contribution in [0.4, 0.5) is 11.8 Å². The molecule has 2 aromatic rings. The molecule has 0 radical (unpaired) electrons. The Hall–Kier alpha value is -2.01. The van der Waals surface area contributed by atoms with Crippen LogP contribution in [0.25, 0.3) is 11.2 Å². The Morgan fingerprint density at radius 1 is 1.16 bits per heavy atom. The van der Waals surface area contributed by atoms with E-state index in [1.54, 1.807) is 4.57 Å². The van der Waals surface area contributed by atoms with Crippen LogP contribution in [-0.4, -0.2) is 72.8 Å². The van der Waals surface area contributed by atoms with E-state index in [1.165, 1.54) is 6.33 Å². The SMILES string of the molecule is Nc1ncnc2c1nc(N1CCCCC1)n2[C@@H]1O[C@H](CO)C(O)C1O. The van der Waals surface area contributed by atoms with E-state index in [4.69, 9.17) is 10.5 Å². The molecule has 2 unspecified atom stereocenters. The molecule has 0 spiro atoms. The van der Waals surface area contributed by atoms with E-state index in [1.807, 2.05) is 0 Å². The number of fused-ring (bicyclic) bond motifs is 1. The molecule has 0 saturated carbocycles. The highest BCUT2D eigenvalue weighted by atomic mass is 16.6. The van der Waals surface area contributed by atoms with Crippen molar-refractivity contribution in [3.63, 3.8) is 0 Å². The topological polar surface area (TPSA) is 143 Å². The van der Waals surface area contributed by atoms with E-state index in [9.17, 15) is 15.3 Å². The van der Waals surface area contributed by atoms with Crippen LogP contribution in [0.3, 0.4) is 0 Å². The summed E-state index contributed by atoms with van der Waals surface area (Å²) in [5, 5.41) is 29.9. The lowest BCUT2D eigenvalue weighted by atomic mass is 10.1. The molecule has 136 valence electrons. The lowest BCUT2D eigenvalue weighted by Crippen LogP contribution is -2.35. The van der Waals surface area contributed by atoms with Crippen molar-refractivity contribution in [2.45, 2.75) is 43.8 Å². The summed E-state index contributed by atoms with van der Waals surface area (Å²) < 4.78 is 7.36. The highest BCUT2D eigenvalue weighted by Gasteiger charge is 2.45. The second-order valence-corrected chi connectivity index (χ2v) is 6.49. The van der Waals surface area contributed by atoms with E-state index in [0.717, 1.165) is 32.4 Å². The summed E-state index contributed by atoms with van der Waals surface area (Å²) in [6.45, 7) is 1.26. The fraction of sp³-hybridized carbons (Fsp3) is 0.667. The molecular formula is C15H22N6O4. The van der Waals surface area contributed by atoms with Crippen molar-refractivity contribution in [2.24, 2.45) is 0 Å². The quantitative estimate of drug-likeness (QED) is 0.548. The van der Waals surface area contributed by atoms with Crippen LogP contribution in [0, 0.1) is 0 Å². The molecule has 4 rings (SSSR count). The first-order chi connectivity index (χ1) is 12.1. The van der Waals surface area contributed by atoms with Gasteiger partial charge in [-0.25, -0.2) is 15.0 Å². The number of rotatable bonds is 3. The van der Waals surface area contributed by atoms with E-state index in [-0.39, 0.29) is 5.82 Å². The number of hydrogen-bond acceptors (Lipinski definition) is 9. The summed E-state index contributed by atoms with van der Waals surface area (Å²) in [4.78, 5) is 14.9. The number of ether oxygens (including phenoxy) is 1. The number of nitrogens with two attached hydrogens (primary N) is 1. The zero-order valence-corrected chi connectivity index (χ0v) is 13.7. The van der Waals surface area contributed by atoms with E-state index in [0.29, 0.717) is 17.1 Å². The molecule has 25 heavy (non-hydrogen) atoms. The maximum Gasteiger partial charge on any atom is 0.210 e. The van der Waals surface area contributed by atoms with Gasteiger partial charge in [0.15, 0.2) is 23.2 Å². The molecule has 0 amide bonds. The Bertz CT molecular complexity index is 762. The Balaban J connectivity index is 1.84. The summed E-state index contributed by atoms with van der Waals surface area (Å²) in [6.07, 6.45) is 0.383. The average molecular weight is 350 g/mol. The van der Waals surface area contributed by atoms with Gasteiger partial charge in [0.2, 0.25) is 5.95 Å². The average Bonchev–Trinajstić information content (AvgIpc) is 3.15. The molecule has 0 aliphatic carbocycles. The fourth-order valence-corrected chi connectivity index (χ4v) is 3.56. The van der Waals surface area contributed by atoms with Gasteiger partial charge in [-0.1, -0.05) is 0 Å². The van der Waals surface area contributed by atoms with Crippen LogP contribution in [0.15, 0.2) is 6.33 Å². The number of aromatic nitrogens is 4. The number of aliphatic hydroxyl groups excluding tert-OH is 3. The zero-order valence-electron chi connectivity index (χ0n) is 13.7. The number of hydrogen-bond donors (Lipinski definition) is 4. The predicted molar refractivity (Wildman–Crippen MR) is 88.8 cm³/mol. The monoisotopic (exact) mass is 350 g/mol. The lowest BCUT2D eigenvalue weighted by molar-refractivity contribution is -0.0504. The van der Waals surface area contributed by atoms with E-state index < -0.39 is 31.1 Å². The van der Waals surface area contributed by atoms with Crippen LogP contribution < -0.4 is 10.6 Å². The van der Waals surface area contributed by atoms with Crippen molar-refractivity contribution in [3.05, 3.63) is 6.33 Å². The minimum atomic E-state index is -1.21. The third-order valence-corrected chi connectivity index (χ3v) is 4.90. The van der Waals surface area contributed by atoms with Crippen molar-refractivity contribution in [3.8, 4) is 0 Å². The molecular weight excluding hydrogens is 328 g/mol. The second-order valence-electron chi connectivity index (χ2n) is 6.49. The Morgan fingerprint density at radius 2 is 1.92 bits per heavy atom. The minimum Gasteiger partial charge on any atom is -0.394 e. The molecule has 2 aliphatic heterocycles. The zero-order chi connectivity index (χ0) is 17.6. The maximum atomic E-state index is 10.5. The second kappa shape index (κ2) is 6.37. The number of anilines is 2. The third kappa shape index (κ3) is 2.61. The van der Waals surface area contributed by atoms with Crippen LogP contribution >= 0.6 is 0 Å². The van der Waals surface area contributed by atoms with Gasteiger partial charge in [0.25, 0.3) is 0 Å². The summed E-state index contributed by atoms with van der Waals surface area (Å²) in [7, 11) is 0. The number of imidazole rings is 1. The first kappa shape index (κ1) is 16.5. The molecule has 4 heterocycles. The number of nitrogens with zero attached hydrogens (tertiary/aromatic N) is 5. The molecule has 4 atom stereocenters. The molecule has 2 saturated heterocycles. The van der Waals surface area contributed by atoms with Crippen molar-refractivity contribution >= 4 is 22.9 Å². The Kier molecular flexibility index (Phi) is 4.20. The normalized spacial score (nSPS) is 30.3. The predicted octanol–water partition coefficient (Wildman–Crippen LogP) is -0.990. The Labute approximate surface area is 143 Å². The van der Waals surface area contributed by atoms with Crippen molar-refractivity contribution in [2.75, 3.05) is 30.3 Å². The highest BCUT2D eigenvalue weighted by Crippen LogP contribution is 2.36. The molecule has 0 bridgehead atoms. The van der Waals surface area contributed by atoms with Gasteiger partial charge in [-0.05, 0) is 19.3 Å². The van der Waals surface area contributed by atoms with Gasteiger partial charge in [-0.3, -0.25) is 4.57 Å². The number of aliphatic hydroxyl groups is 3. The minimum absolute atomic E-state index is 0.244. The van der Waals surface area contributed by atoms with E-state index >= 15 is 0 Å². The molecule has 0 aromatic carbocycles. The maximum absolute atomic E-state index is 10.5. The van der Waals surface area contributed by atoms with Crippen molar-refractivity contribution in [1.29, 1.82) is 0 Å². The van der Waals surface area contributed by atoms with Crippen molar-refractivity contribution < 1.29 is 20.1 Å². The largest absolute Gasteiger partial charge is 0.394 e. The molecule has 2 fully saturated rings. The number of nitrogen functional groups attached to an aromatic ring is 1. The van der Waals surface area contributed by atoms with E-state index in [2.05, 4.69) is 19.9 Å². The Morgan fingerprint density at radius 3 is 2.60 bits per heavy atom. The van der Waals surface area contributed by atoms with Crippen LogP contribution in [0.1, 0.15) is 25.5 Å². The first-order valence-corrected chi connectivity index (χ1v) is 8.47. The highest BCUT2D eigenvalue weighted by molar-refractivity contribution is 5.84. The molecule has 5 N–H and O–H groups in total. The smallest absolute Gasteiger partial charge is 0.210 e. The third-order valence-electron chi connectivity index (χ3n) is 4.90. The lowest BCUT2D eigenvalue weighted by Gasteiger charge is -2.30. The van der Waals surface area contributed by atoms with Gasteiger partial charge in [0, 0.05) is 13.1 Å². The number of piperidine rings is 1. The molecule has 10 heteroatoms. The summed E-state index contributed by atoms with van der Waals surface area (Å²) in [5.74, 6) is 0.825. The standard InChI is InChI=1S/C15H22N6O4/c16-12-9-13(18-7-17-12)21(14-11(24)10(23)8(6-22)25-14)15(19-9)20-4-2-1-3-5-20/h7-8,10-11,14,22-24H,1-6H2,(H2,16,17,18)/t8-,10?,11?,14-/m1/s1. The van der Waals surface area contributed by atoms with Gasteiger partial charge in [0.05, 0.1) is 6.61 Å². The summed E-state index contributed by atoms with van der Waals surface area (Å²) >= 11 is 0. The van der Waals surface area contributed by atoms with Crippen LogP contribution in [0.5, 0.6) is 0 Å². The van der Waals surface area contributed by atoms with Gasteiger partial charge >= 0.3 is 0 Å². The summed E-state index contributed by atoms with van der Waals surface area (Å²) in [5.41, 5.74) is 6.81. The molecule has 2 aromatic heterocycles. The molecule has 2 aliphatic rings. The first-order valence-electron chi connectivity index (χ1n) is 8.47. The van der Waals surface area contributed by atoms with Gasteiger partial charge in [-0.2, -0.15) is 0 Å². The fourth-order valence-electron chi connectivity index (χ4n) is 3.56. The summed E-state index contributed by atoms with van der Waals surface area (Å²) in [6, 6.07) is 0. The van der Waals surface area contributed by atoms with Crippen molar-refractivity contribution in [1.82, 2.24) is 19.5 Å². The van der Waals surface area contributed by atoms with Crippen LogP contribution in [0.2, 0.25) is 0 Å². The van der Waals surface area contributed by atoms with Crippen LogP contribution in [-0.2, 0) is 4.74 Å². The van der Waals surface area contributed by atoms with Gasteiger partial charge in [0.1, 0.15) is 24.6 Å². The van der Waals surface area contributed by atoms with Gasteiger partial charge in [-0.15, -0.1) is 0 Å².